The van der Waals surface area contributed by atoms with E-state index in [0.717, 1.165) is 11.3 Å². The van der Waals surface area contributed by atoms with Crippen LogP contribution in [0, 0.1) is 0 Å². The van der Waals surface area contributed by atoms with Crippen LogP contribution in [0.3, 0.4) is 0 Å². The van der Waals surface area contributed by atoms with Gasteiger partial charge >= 0.3 is 0 Å². The first-order chi connectivity index (χ1) is 12.6. The normalized spacial score (nSPS) is 11.2. The molecule has 2 N–H and O–H groups in total. The van der Waals surface area contributed by atoms with Gasteiger partial charge in [-0.2, -0.15) is 5.10 Å². The molecule has 1 amide bonds. The molecule has 0 aliphatic rings. The first-order valence-electron chi connectivity index (χ1n) is 7.64. The summed E-state index contributed by atoms with van der Waals surface area (Å²) >= 11 is 0. The van der Waals surface area contributed by atoms with Crippen molar-refractivity contribution >= 4 is 11.6 Å². The Morgan fingerprint density at radius 1 is 1.19 bits per heavy atom. The van der Waals surface area contributed by atoms with Gasteiger partial charge in [0.1, 0.15) is 6.33 Å². The summed E-state index contributed by atoms with van der Waals surface area (Å²) in [5, 5.41) is 24.7. The third-order valence-corrected chi connectivity index (χ3v) is 3.67. The Bertz CT molecular complexity index is 936. The highest BCUT2D eigenvalue weighted by Gasteiger charge is 2.09. The molecule has 0 aliphatic carbocycles. The number of aromatic nitrogens is 4. The van der Waals surface area contributed by atoms with Crippen molar-refractivity contribution < 1.29 is 14.6 Å². The number of amides is 1. The molecule has 1 aromatic heterocycles. The molecule has 132 valence electrons. The van der Waals surface area contributed by atoms with Gasteiger partial charge in [-0.3, -0.25) is 4.79 Å². The molecule has 0 spiro atoms. The van der Waals surface area contributed by atoms with Gasteiger partial charge in [0.2, 0.25) is 0 Å². The maximum absolute atomic E-state index is 12.2. The summed E-state index contributed by atoms with van der Waals surface area (Å²) in [6.07, 6.45) is 1.50. The van der Waals surface area contributed by atoms with Crippen LogP contribution in [-0.4, -0.2) is 44.0 Å². The second kappa shape index (κ2) is 7.43. The number of rotatable bonds is 5. The van der Waals surface area contributed by atoms with Crippen LogP contribution in [-0.2, 0) is 0 Å². The van der Waals surface area contributed by atoms with Crippen LogP contribution < -0.4 is 10.2 Å². The maximum Gasteiger partial charge on any atom is 0.271 e. The van der Waals surface area contributed by atoms with E-state index < -0.39 is 5.91 Å². The number of nitrogens with one attached hydrogen (secondary N) is 1. The Morgan fingerprint density at radius 3 is 2.58 bits per heavy atom. The number of hydrogen-bond donors (Lipinski definition) is 2. The molecule has 0 saturated heterocycles. The van der Waals surface area contributed by atoms with Crippen molar-refractivity contribution in [3.8, 4) is 17.2 Å². The zero-order valence-electron chi connectivity index (χ0n) is 14.1. The molecule has 26 heavy (non-hydrogen) atoms. The van der Waals surface area contributed by atoms with Crippen LogP contribution in [0.4, 0.5) is 0 Å². The van der Waals surface area contributed by atoms with Crippen molar-refractivity contribution in [1.82, 2.24) is 25.6 Å². The van der Waals surface area contributed by atoms with E-state index in [2.05, 4.69) is 26.1 Å². The lowest BCUT2D eigenvalue weighted by Gasteiger charge is -2.07. The maximum atomic E-state index is 12.2. The summed E-state index contributed by atoms with van der Waals surface area (Å²) in [4.78, 5) is 12.2. The number of ether oxygens (including phenoxy) is 1. The first-order valence-corrected chi connectivity index (χ1v) is 7.64. The van der Waals surface area contributed by atoms with Crippen molar-refractivity contribution in [3.63, 3.8) is 0 Å². The minimum absolute atomic E-state index is 0.0357. The monoisotopic (exact) mass is 352 g/mol. The van der Waals surface area contributed by atoms with Crippen LogP contribution in [0.25, 0.3) is 5.69 Å². The van der Waals surface area contributed by atoms with E-state index in [4.69, 9.17) is 4.74 Å². The molecule has 0 fully saturated rings. The third kappa shape index (κ3) is 3.66. The lowest BCUT2D eigenvalue weighted by molar-refractivity contribution is 0.0954. The number of phenolic OH excluding ortho intramolecular Hbond substituents is 1. The Labute approximate surface area is 148 Å². The molecule has 1 heterocycles. The predicted molar refractivity (Wildman–Crippen MR) is 93.5 cm³/mol. The van der Waals surface area contributed by atoms with E-state index in [0.29, 0.717) is 11.3 Å². The number of hydrogen-bond acceptors (Lipinski definition) is 7. The van der Waals surface area contributed by atoms with Crippen LogP contribution in [0.15, 0.2) is 53.9 Å². The summed E-state index contributed by atoms with van der Waals surface area (Å²) in [5.74, 6) is -0.226. The predicted octanol–water partition coefficient (Wildman–Crippen LogP) is 1.53. The Hall–Kier alpha value is -3.75. The largest absolute Gasteiger partial charge is 0.504 e. The number of nitrogens with zero attached hydrogens (tertiary/aromatic N) is 5. The molecule has 0 bridgehead atoms. The number of methoxy groups -OCH3 is 1. The van der Waals surface area contributed by atoms with Crippen LogP contribution in [0.1, 0.15) is 22.8 Å². The molecule has 9 heteroatoms. The smallest absolute Gasteiger partial charge is 0.271 e. The van der Waals surface area contributed by atoms with Gasteiger partial charge in [-0.1, -0.05) is 12.1 Å². The quantitative estimate of drug-likeness (QED) is 0.532. The molecule has 3 rings (SSSR count). The lowest BCUT2D eigenvalue weighted by Crippen LogP contribution is -2.19. The number of aromatic hydroxyl groups is 1. The number of benzene rings is 2. The summed E-state index contributed by atoms with van der Waals surface area (Å²) in [5.41, 5.74) is 5.09. The van der Waals surface area contributed by atoms with Gasteiger partial charge in [-0.25, -0.2) is 10.1 Å². The van der Waals surface area contributed by atoms with E-state index in [1.54, 1.807) is 6.92 Å². The minimum atomic E-state index is -0.409. The molecule has 0 unspecified atom stereocenters. The third-order valence-electron chi connectivity index (χ3n) is 3.67. The van der Waals surface area contributed by atoms with Gasteiger partial charge in [0.15, 0.2) is 11.5 Å². The highest BCUT2D eigenvalue weighted by Crippen LogP contribution is 2.26. The standard InChI is InChI=1S/C17H16N6O3/c1-11(12-3-6-14(7-4-12)23-10-18-21-22-23)19-20-17(25)13-5-8-15(24)16(9-13)26-2/h3-10,24H,1-2H3,(H,20,25)/b19-11+. The van der Waals surface area contributed by atoms with Gasteiger partial charge in [0.25, 0.3) is 5.91 Å². The first kappa shape index (κ1) is 17.1. The lowest BCUT2D eigenvalue weighted by atomic mass is 10.1. The summed E-state index contributed by atoms with van der Waals surface area (Å²) in [7, 11) is 1.41. The van der Waals surface area contributed by atoms with Gasteiger partial charge in [-0.05, 0) is 53.2 Å². The zero-order chi connectivity index (χ0) is 18.5. The second-order valence-corrected chi connectivity index (χ2v) is 5.33. The van der Waals surface area contributed by atoms with Crippen molar-refractivity contribution in [2.75, 3.05) is 7.11 Å². The van der Waals surface area contributed by atoms with Crippen molar-refractivity contribution in [2.45, 2.75) is 6.92 Å². The molecular weight excluding hydrogens is 336 g/mol. The van der Waals surface area contributed by atoms with E-state index in [1.165, 1.54) is 36.3 Å². The molecule has 9 nitrogen and oxygen atoms in total. The topological polar surface area (TPSA) is 115 Å². The van der Waals surface area contributed by atoms with Crippen molar-refractivity contribution in [2.24, 2.45) is 5.10 Å². The van der Waals surface area contributed by atoms with Gasteiger partial charge in [0, 0.05) is 5.56 Å². The SMILES string of the molecule is COc1cc(C(=O)N/N=C(\C)c2ccc(-n3cnnn3)cc2)ccc1O. The Balaban J connectivity index is 1.70. The molecule has 3 aromatic rings. The van der Waals surface area contributed by atoms with Crippen LogP contribution in [0.5, 0.6) is 11.5 Å². The highest BCUT2D eigenvalue weighted by atomic mass is 16.5. The molecule has 0 aliphatic heterocycles. The average Bonchev–Trinajstić information content (AvgIpc) is 3.21. The van der Waals surface area contributed by atoms with Crippen molar-refractivity contribution in [1.29, 1.82) is 0 Å². The van der Waals surface area contributed by atoms with Gasteiger partial charge in [0.05, 0.1) is 18.5 Å². The fourth-order valence-electron chi connectivity index (χ4n) is 2.22. The van der Waals surface area contributed by atoms with Gasteiger partial charge in [-0.15, -0.1) is 5.10 Å². The summed E-state index contributed by atoms with van der Waals surface area (Å²) in [6, 6.07) is 11.7. The zero-order valence-corrected chi connectivity index (χ0v) is 14.1. The highest BCUT2D eigenvalue weighted by molar-refractivity contribution is 6.01. The van der Waals surface area contributed by atoms with Crippen molar-refractivity contribution in [3.05, 3.63) is 59.9 Å². The average molecular weight is 352 g/mol. The molecule has 0 atom stereocenters. The molecule has 0 radical (unpaired) electrons. The molecule has 0 saturated carbocycles. The Kier molecular flexibility index (Phi) is 4.88. The van der Waals surface area contributed by atoms with E-state index >= 15 is 0 Å². The van der Waals surface area contributed by atoms with Gasteiger partial charge < -0.3 is 9.84 Å². The van der Waals surface area contributed by atoms with E-state index in [-0.39, 0.29) is 11.5 Å². The number of phenols is 1. The Morgan fingerprint density at radius 2 is 1.92 bits per heavy atom. The molecular formula is C17H16N6O3. The van der Waals surface area contributed by atoms with Crippen LogP contribution in [0.2, 0.25) is 0 Å². The summed E-state index contributed by atoms with van der Waals surface area (Å²) < 4.78 is 6.53. The fourth-order valence-corrected chi connectivity index (χ4v) is 2.22. The van der Waals surface area contributed by atoms with Crippen LogP contribution >= 0.6 is 0 Å². The number of hydrazone groups is 1. The number of carbonyl (C=O) groups is 1. The van der Waals surface area contributed by atoms with E-state index in [9.17, 15) is 9.90 Å². The minimum Gasteiger partial charge on any atom is -0.504 e. The summed E-state index contributed by atoms with van der Waals surface area (Å²) in [6.45, 7) is 1.78. The number of tetrazole rings is 1. The second-order valence-electron chi connectivity index (χ2n) is 5.33. The number of carbonyl (C=O) groups excluding carboxylic acids is 1. The fraction of sp³-hybridized carbons (Fsp3) is 0.118. The molecule has 2 aromatic carbocycles. The van der Waals surface area contributed by atoms with E-state index in [1.807, 2.05) is 24.3 Å².